The maximum absolute atomic E-state index is 10.8. The zero-order valence-electron chi connectivity index (χ0n) is 5.93. The predicted octanol–water partition coefficient (Wildman–Crippen LogP) is 1.14. The minimum absolute atomic E-state index is 0.0475. The van der Waals surface area contributed by atoms with Crippen LogP contribution in [-0.4, -0.2) is 15.9 Å². The van der Waals surface area contributed by atoms with Crippen molar-refractivity contribution >= 4 is 22.1 Å². The summed E-state index contributed by atoms with van der Waals surface area (Å²) in [6, 6.07) is 0. The molecule has 1 aliphatic heterocycles. The third kappa shape index (κ3) is 1.73. The number of rotatable bonds is 0. The normalized spacial score (nSPS) is 24.2. The number of hydrogen-bond acceptors (Lipinski definition) is 3. The Bertz CT molecular complexity index is 170. The fourth-order valence-electron chi connectivity index (χ4n) is 0.846. The number of amides is 1. The smallest absolute Gasteiger partial charge is 0.287 e. The van der Waals surface area contributed by atoms with Crippen LogP contribution in [0, 0.1) is 0 Å². The largest absolute Gasteiger partial charge is 0.341 e. The highest BCUT2D eigenvalue weighted by Gasteiger charge is 2.31. The SMILES string of the molecule is CC1(C)CC(=O)SC(=O)N1. The Kier molecular flexibility index (Phi) is 1.72. The van der Waals surface area contributed by atoms with Crippen LogP contribution >= 0.6 is 11.8 Å². The molecule has 1 fully saturated rings. The van der Waals surface area contributed by atoms with Gasteiger partial charge in [-0.15, -0.1) is 0 Å². The van der Waals surface area contributed by atoms with E-state index in [2.05, 4.69) is 5.32 Å². The lowest BCUT2D eigenvalue weighted by Crippen LogP contribution is -2.46. The Labute approximate surface area is 63.6 Å². The maximum Gasteiger partial charge on any atom is 0.287 e. The van der Waals surface area contributed by atoms with E-state index in [-0.39, 0.29) is 15.9 Å². The standard InChI is InChI=1S/C6H9NO2S/c1-6(2)3-4(8)10-5(9)7-6/h3H2,1-2H3,(H,7,9). The number of carbonyl (C=O) groups excluding carboxylic acids is 2. The zero-order chi connectivity index (χ0) is 7.78. The Morgan fingerprint density at radius 3 is 2.50 bits per heavy atom. The van der Waals surface area contributed by atoms with Crippen LogP contribution in [0.15, 0.2) is 0 Å². The van der Waals surface area contributed by atoms with Crippen molar-refractivity contribution in [2.45, 2.75) is 25.8 Å². The van der Waals surface area contributed by atoms with Gasteiger partial charge < -0.3 is 5.32 Å². The Balaban J connectivity index is 2.68. The molecule has 0 aromatic heterocycles. The van der Waals surface area contributed by atoms with Gasteiger partial charge in [-0.2, -0.15) is 0 Å². The third-order valence-electron chi connectivity index (χ3n) is 1.23. The van der Waals surface area contributed by atoms with Gasteiger partial charge >= 0.3 is 0 Å². The van der Waals surface area contributed by atoms with Gasteiger partial charge in [0.25, 0.3) is 5.24 Å². The van der Waals surface area contributed by atoms with Crippen molar-refractivity contribution < 1.29 is 9.59 Å². The highest BCUT2D eigenvalue weighted by Crippen LogP contribution is 2.22. The summed E-state index contributed by atoms with van der Waals surface area (Å²) in [5, 5.41) is 2.41. The summed E-state index contributed by atoms with van der Waals surface area (Å²) in [4.78, 5) is 21.5. The molecule has 1 heterocycles. The molecule has 10 heavy (non-hydrogen) atoms. The van der Waals surface area contributed by atoms with E-state index >= 15 is 0 Å². The number of nitrogens with one attached hydrogen (secondary N) is 1. The molecule has 0 saturated carbocycles. The molecule has 1 amide bonds. The lowest BCUT2D eigenvalue weighted by molar-refractivity contribution is -0.112. The molecule has 1 N–H and O–H groups in total. The van der Waals surface area contributed by atoms with E-state index in [4.69, 9.17) is 0 Å². The molecule has 0 atom stereocenters. The lowest BCUT2D eigenvalue weighted by atomic mass is 10.0. The van der Waals surface area contributed by atoms with E-state index in [0.717, 1.165) is 11.8 Å². The molecule has 1 saturated heterocycles. The molecule has 0 aromatic rings. The van der Waals surface area contributed by atoms with E-state index in [1.807, 2.05) is 13.8 Å². The predicted molar refractivity (Wildman–Crippen MR) is 39.8 cm³/mol. The first-order chi connectivity index (χ1) is 4.49. The fraction of sp³-hybridized carbons (Fsp3) is 0.667. The topological polar surface area (TPSA) is 46.2 Å². The van der Waals surface area contributed by atoms with E-state index < -0.39 is 0 Å². The van der Waals surface area contributed by atoms with Crippen molar-refractivity contribution in [1.29, 1.82) is 0 Å². The number of carbonyl (C=O) groups is 2. The van der Waals surface area contributed by atoms with Gasteiger partial charge in [0.15, 0.2) is 0 Å². The second-order valence-corrected chi connectivity index (χ2v) is 3.98. The van der Waals surface area contributed by atoms with E-state index in [0.29, 0.717) is 6.42 Å². The van der Waals surface area contributed by atoms with E-state index in [1.54, 1.807) is 0 Å². The Morgan fingerprint density at radius 1 is 1.50 bits per heavy atom. The van der Waals surface area contributed by atoms with Crippen LogP contribution < -0.4 is 5.32 Å². The monoisotopic (exact) mass is 159 g/mol. The van der Waals surface area contributed by atoms with Crippen molar-refractivity contribution in [2.75, 3.05) is 0 Å². The molecular weight excluding hydrogens is 150 g/mol. The molecule has 0 aliphatic carbocycles. The lowest BCUT2D eigenvalue weighted by Gasteiger charge is -2.28. The van der Waals surface area contributed by atoms with Gasteiger partial charge in [-0.3, -0.25) is 9.59 Å². The zero-order valence-corrected chi connectivity index (χ0v) is 6.75. The van der Waals surface area contributed by atoms with Crippen LogP contribution in [-0.2, 0) is 4.79 Å². The molecule has 3 nitrogen and oxygen atoms in total. The second kappa shape index (κ2) is 2.27. The average Bonchev–Trinajstić information content (AvgIpc) is 1.54. The van der Waals surface area contributed by atoms with Gasteiger partial charge in [0.1, 0.15) is 0 Å². The molecule has 0 radical (unpaired) electrons. The maximum atomic E-state index is 10.8. The van der Waals surface area contributed by atoms with Crippen LogP contribution in [0.25, 0.3) is 0 Å². The first-order valence-corrected chi connectivity index (χ1v) is 3.84. The minimum Gasteiger partial charge on any atom is -0.341 e. The number of thioether (sulfide) groups is 1. The van der Waals surface area contributed by atoms with Crippen LogP contribution in [0.2, 0.25) is 0 Å². The number of hydrogen-bond donors (Lipinski definition) is 1. The fourth-order valence-corrected chi connectivity index (χ4v) is 1.81. The summed E-state index contributed by atoms with van der Waals surface area (Å²) in [5.41, 5.74) is -0.348. The summed E-state index contributed by atoms with van der Waals surface area (Å²) in [6.07, 6.45) is 0.420. The molecule has 56 valence electrons. The summed E-state index contributed by atoms with van der Waals surface area (Å²) < 4.78 is 0. The summed E-state index contributed by atoms with van der Waals surface area (Å²) in [7, 11) is 0. The van der Waals surface area contributed by atoms with Gasteiger partial charge in [-0.05, 0) is 13.8 Å². The summed E-state index contributed by atoms with van der Waals surface area (Å²) >= 11 is 0.755. The van der Waals surface area contributed by atoms with Crippen molar-refractivity contribution in [3.8, 4) is 0 Å². The summed E-state index contributed by atoms with van der Waals surface area (Å²) in [5.74, 6) is 0. The van der Waals surface area contributed by atoms with Crippen LogP contribution in [0.4, 0.5) is 4.79 Å². The van der Waals surface area contributed by atoms with E-state index in [1.165, 1.54) is 0 Å². The van der Waals surface area contributed by atoms with Crippen molar-refractivity contribution in [3.63, 3.8) is 0 Å². The van der Waals surface area contributed by atoms with Crippen LogP contribution in [0.1, 0.15) is 20.3 Å². The van der Waals surface area contributed by atoms with Crippen molar-refractivity contribution in [2.24, 2.45) is 0 Å². The van der Waals surface area contributed by atoms with Gasteiger partial charge in [-0.1, -0.05) is 0 Å². The first-order valence-electron chi connectivity index (χ1n) is 3.02. The minimum atomic E-state index is -0.348. The molecular formula is C6H9NO2S. The van der Waals surface area contributed by atoms with Crippen LogP contribution in [0.5, 0.6) is 0 Å². The van der Waals surface area contributed by atoms with Gasteiger partial charge in [0.2, 0.25) is 5.12 Å². The highest BCUT2D eigenvalue weighted by atomic mass is 32.2. The Hall–Kier alpha value is -0.510. The van der Waals surface area contributed by atoms with Gasteiger partial charge in [0, 0.05) is 23.7 Å². The summed E-state index contributed by atoms with van der Waals surface area (Å²) in [6.45, 7) is 3.67. The van der Waals surface area contributed by atoms with E-state index in [9.17, 15) is 9.59 Å². The first kappa shape index (κ1) is 7.60. The molecule has 1 rings (SSSR count). The highest BCUT2D eigenvalue weighted by molar-refractivity contribution is 8.26. The Morgan fingerprint density at radius 2 is 2.10 bits per heavy atom. The third-order valence-corrected chi connectivity index (χ3v) is 1.89. The average molecular weight is 159 g/mol. The van der Waals surface area contributed by atoms with Crippen molar-refractivity contribution in [1.82, 2.24) is 5.32 Å². The quantitative estimate of drug-likeness (QED) is 0.576. The van der Waals surface area contributed by atoms with Crippen molar-refractivity contribution in [3.05, 3.63) is 0 Å². The van der Waals surface area contributed by atoms with Gasteiger partial charge in [-0.25, -0.2) is 0 Å². The molecule has 0 unspecified atom stereocenters. The second-order valence-electron chi connectivity index (χ2n) is 2.95. The van der Waals surface area contributed by atoms with Crippen LogP contribution in [0.3, 0.4) is 0 Å². The molecule has 4 heteroatoms. The van der Waals surface area contributed by atoms with Gasteiger partial charge in [0.05, 0.1) is 0 Å². The molecule has 0 bridgehead atoms. The molecule has 1 aliphatic rings. The molecule has 0 spiro atoms. The molecule has 0 aromatic carbocycles.